The van der Waals surface area contributed by atoms with Gasteiger partial charge in [-0.2, -0.15) is 0 Å². The third kappa shape index (κ3) is 2.81. The average Bonchev–Trinajstić information content (AvgIpc) is 2.40. The molecule has 2 aromatic carbocycles. The van der Waals surface area contributed by atoms with E-state index in [0.717, 1.165) is 11.6 Å². The molecule has 0 radical (unpaired) electrons. The fourth-order valence-corrected chi connectivity index (χ4v) is 2.64. The first-order chi connectivity index (χ1) is 9.00. The molecule has 0 aliphatic heterocycles. The van der Waals surface area contributed by atoms with E-state index in [0.29, 0.717) is 15.6 Å². The van der Waals surface area contributed by atoms with E-state index in [-0.39, 0.29) is 11.3 Å². The van der Waals surface area contributed by atoms with Crippen LogP contribution in [-0.4, -0.2) is 21.3 Å². The van der Waals surface area contributed by atoms with Crippen molar-refractivity contribution in [3.05, 3.63) is 56.7 Å². The zero-order chi connectivity index (χ0) is 14.0. The Hall–Kier alpha value is -1.76. The van der Waals surface area contributed by atoms with Crippen molar-refractivity contribution in [1.82, 2.24) is 0 Å². The second-order valence-corrected chi connectivity index (χ2v) is 5.13. The lowest BCUT2D eigenvalue weighted by Gasteiger charge is -2.11. The van der Waals surface area contributed by atoms with Crippen LogP contribution in [0.2, 0.25) is 0 Å². The van der Waals surface area contributed by atoms with Crippen LogP contribution in [0.1, 0.15) is 21.5 Å². The summed E-state index contributed by atoms with van der Waals surface area (Å²) in [6.07, 6.45) is 0.361. The number of carbonyl (C=O) groups is 1. The summed E-state index contributed by atoms with van der Waals surface area (Å²) in [4.78, 5) is 11.1. The molecule has 0 spiro atoms. The van der Waals surface area contributed by atoms with E-state index in [2.05, 4.69) is 0 Å². The Balaban J connectivity index is 2.53. The lowest BCUT2D eigenvalue weighted by Crippen LogP contribution is -2.04. The summed E-state index contributed by atoms with van der Waals surface area (Å²) in [5.74, 6) is -1.81. The van der Waals surface area contributed by atoms with Crippen molar-refractivity contribution < 1.29 is 20.1 Å². The van der Waals surface area contributed by atoms with E-state index in [1.165, 1.54) is 0 Å². The summed E-state index contributed by atoms with van der Waals surface area (Å²) in [5, 5.41) is 28.6. The molecule has 0 amide bonds. The van der Waals surface area contributed by atoms with E-state index in [1.54, 1.807) is 0 Å². The van der Waals surface area contributed by atoms with E-state index >= 15 is 0 Å². The second kappa shape index (κ2) is 5.48. The van der Waals surface area contributed by atoms with Crippen molar-refractivity contribution in [3.8, 4) is 11.5 Å². The fourth-order valence-electron chi connectivity index (χ4n) is 1.81. The van der Waals surface area contributed by atoms with Gasteiger partial charge in [0.05, 0.1) is 5.56 Å². The zero-order valence-electron chi connectivity index (χ0n) is 9.80. The van der Waals surface area contributed by atoms with Crippen LogP contribution in [0.3, 0.4) is 0 Å². The zero-order valence-corrected chi connectivity index (χ0v) is 12.0. The molecule has 0 fully saturated rings. The lowest BCUT2D eigenvalue weighted by atomic mass is 10.0. The Bertz CT molecular complexity index is 623. The molecule has 2 aromatic rings. The van der Waals surface area contributed by atoms with Crippen molar-refractivity contribution in [2.24, 2.45) is 0 Å². The van der Waals surface area contributed by atoms with Gasteiger partial charge in [0.25, 0.3) is 0 Å². The molecular weight excluding hydrogens is 359 g/mol. The Morgan fingerprint density at radius 2 is 1.79 bits per heavy atom. The number of carboxylic acid groups (broad SMARTS) is 1. The molecule has 0 saturated carbocycles. The number of hydrogen-bond donors (Lipinski definition) is 3. The number of rotatable bonds is 3. The number of carboxylic acids is 1. The molecule has 0 aliphatic rings. The van der Waals surface area contributed by atoms with Crippen molar-refractivity contribution >= 4 is 28.6 Å². The van der Waals surface area contributed by atoms with Gasteiger partial charge in [-0.05, 0) is 34.2 Å². The molecule has 2 rings (SSSR count). The monoisotopic (exact) mass is 370 g/mol. The van der Waals surface area contributed by atoms with Gasteiger partial charge in [-0.3, -0.25) is 0 Å². The lowest BCUT2D eigenvalue weighted by molar-refractivity contribution is 0.0695. The number of halogens is 1. The first kappa shape index (κ1) is 13.7. The highest BCUT2D eigenvalue weighted by Gasteiger charge is 2.19. The van der Waals surface area contributed by atoms with E-state index in [9.17, 15) is 15.0 Å². The van der Waals surface area contributed by atoms with Crippen molar-refractivity contribution in [1.29, 1.82) is 0 Å². The normalized spacial score (nSPS) is 10.4. The minimum Gasteiger partial charge on any atom is -0.504 e. The number of phenols is 2. The molecule has 0 unspecified atom stereocenters. The van der Waals surface area contributed by atoms with E-state index in [1.807, 2.05) is 52.9 Å². The molecule has 3 N–H and O–H groups in total. The van der Waals surface area contributed by atoms with Crippen LogP contribution in [0.25, 0.3) is 0 Å². The Morgan fingerprint density at radius 3 is 2.37 bits per heavy atom. The smallest absolute Gasteiger partial charge is 0.336 e. The summed E-state index contributed by atoms with van der Waals surface area (Å²) in [7, 11) is 0. The first-order valence-corrected chi connectivity index (χ1v) is 6.59. The largest absolute Gasteiger partial charge is 0.504 e. The van der Waals surface area contributed by atoms with E-state index in [4.69, 9.17) is 5.11 Å². The van der Waals surface area contributed by atoms with Crippen LogP contribution < -0.4 is 0 Å². The summed E-state index contributed by atoms with van der Waals surface area (Å²) in [6.45, 7) is 0. The molecule has 0 saturated heterocycles. The van der Waals surface area contributed by atoms with Crippen LogP contribution in [0.5, 0.6) is 11.5 Å². The van der Waals surface area contributed by atoms with Crippen molar-refractivity contribution in [3.63, 3.8) is 0 Å². The molecule has 0 aromatic heterocycles. The molecule has 0 bridgehead atoms. The van der Waals surface area contributed by atoms with Crippen molar-refractivity contribution in [2.45, 2.75) is 6.42 Å². The van der Waals surface area contributed by atoms with Crippen LogP contribution in [0.15, 0.2) is 36.4 Å². The van der Waals surface area contributed by atoms with Gasteiger partial charge in [0.15, 0.2) is 11.5 Å². The van der Waals surface area contributed by atoms with E-state index < -0.39 is 11.7 Å². The first-order valence-electron chi connectivity index (χ1n) is 5.51. The number of hydrogen-bond acceptors (Lipinski definition) is 3. The molecule has 4 nitrogen and oxygen atoms in total. The number of aromatic carboxylic acids is 1. The minimum atomic E-state index is -1.13. The number of phenolic OH excluding ortho intramolecular Hbond substituents is 2. The molecule has 98 valence electrons. The fraction of sp³-hybridized carbons (Fsp3) is 0.0714. The highest BCUT2D eigenvalue weighted by molar-refractivity contribution is 14.1. The van der Waals surface area contributed by atoms with Gasteiger partial charge in [0, 0.05) is 15.6 Å². The SMILES string of the molecule is O=C(O)c1cc(O)c(O)c(Cc2ccccc2)c1I. The van der Waals surface area contributed by atoms with Crippen molar-refractivity contribution in [2.75, 3.05) is 0 Å². The van der Waals surface area contributed by atoms with Gasteiger partial charge in [-0.15, -0.1) is 0 Å². The molecule has 5 heteroatoms. The Morgan fingerprint density at radius 1 is 1.16 bits per heavy atom. The Kier molecular flexibility index (Phi) is 3.94. The van der Waals surface area contributed by atoms with Gasteiger partial charge in [0.1, 0.15) is 0 Å². The molecule has 0 atom stereocenters. The van der Waals surface area contributed by atoms with Gasteiger partial charge < -0.3 is 15.3 Å². The quantitative estimate of drug-likeness (QED) is 0.574. The molecule has 0 heterocycles. The highest BCUT2D eigenvalue weighted by atomic mass is 127. The predicted molar refractivity (Wildman–Crippen MR) is 78.7 cm³/mol. The van der Waals surface area contributed by atoms with Gasteiger partial charge in [0.2, 0.25) is 0 Å². The average molecular weight is 370 g/mol. The maximum Gasteiger partial charge on any atom is 0.336 e. The van der Waals surface area contributed by atoms with Crippen LogP contribution in [-0.2, 0) is 6.42 Å². The highest BCUT2D eigenvalue weighted by Crippen LogP contribution is 2.36. The van der Waals surface area contributed by atoms with Crippen LogP contribution in [0.4, 0.5) is 0 Å². The van der Waals surface area contributed by atoms with Gasteiger partial charge in [-0.1, -0.05) is 30.3 Å². The third-order valence-corrected chi connectivity index (χ3v) is 4.00. The molecule has 19 heavy (non-hydrogen) atoms. The Labute approximate surface area is 123 Å². The predicted octanol–water partition coefficient (Wildman–Crippen LogP) is 2.99. The summed E-state index contributed by atoms with van der Waals surface area (Å²) in [5.41, 5.74) is 1.34. The summed E-state index contributed by atoms with van der Waals surface area (Å²) in [6, 6.07) is 10.4. The third-order valence-electron chi connectivity index (χ3n) is 2.77. The maximum absolute atomic E-state index is 11.1. The van der Waals surface area contributed by atoms with Crippen LogP contribution in [0, 0.1) is 3.57 Å². The van der Waals surface area contributed by atoms with Gasteiger partial charge >= 0.3 is 5.97 Å². The molecule has 0 aliphatic carbocycles. The topological polar surface area (TPSA) is 77.8 Å². The second-order valence-electron chi connectivity index (χ2n) is 4.05. The maximum atomic E-state index is 11.1. The standard InChI is InChI=1S/C14H11IO4/c15-12-9(6-8-4-2-1-3-5-8)13(17)11(16)7-10(12)14(18)19/h1-5,7,16-17H,6H2,(H,18,19). The summed E-state index contributed by atoms with van der Waals surface area (Å²) >= 11 is 1.87. The van der Waals surface area contributed by atoms with Crippen LogP contribution >= 0.6 is 22.6 Å². The summed E-state index contributed by atoms with van der Waals surface area (Å²) < 4.78 is 0.434. The minimum absolute atomic E-state index is 0.0122. The number of aromatic hydroxyl groups is 2. The number of benzene rings is 2. The van der Waals surface area contributed by atoms with Gasteiger partial charge in [-0.25, -0.2) is 4.79 Å². The molecular formula is C14H11IO4.